The van der Waals surface area contributed by atoms with Crippen molar-refractivity contribution in [3.05, 3.63) is 65.7 Å². The summed E-state index contributed by atoms with van der Waals surface area (Å²) in [6.45, 7) is 1.82. The molecule has 0 spiro atoms. The Balaban J connectivity index is 1.59. The summed E-state index contributed by atoms with van der Waals surface area (Å²) >= 11 is 0. The highest BCUT2D eigenvalue weighted by Crippen LogP contribution is 2.28. The lowest BCUT2D eigenvalue weighted by molar-refractivity contribution is -0.274. The molecule has 41 heavy (non-hydrogen) atoms. The maximum atomic E-state index is 13.7. The molecule has 0 bridgehead atoms. The number of hydrogen-bond donors (Lipinski definition) is 1. The predicted octanol–water partition coefficient (Wildman–Crippen LogP) is 2.90. The lowest BCUT2D eigenvalue weighted by Crippen LogP contribution is -2.60. The maximum absolute atomic E-state index is 13.7. The van der Waals surface area contributed by atoms with Crippen LogP contribution in [0.5, 0.6) is 17.6 Å². The number of halogens is 3. The number of amides is 1. The van der Waals surface area contributed by atoms with E-state index in [1.807, 2.05) is 0 Å². The average Bonchev–Trinajstić information content (AvgIpc) is 2.95. The van der Waals surface area contributed by atoms with E-state index in [0.29, 0.717) is 11.4 Å². The van der Waals surface area contributed by atoms with Gasteiger partial charge < -0.3 is 24.4 Å². The minimum atomic E-state index is -4.83. The van der Waals surface area contributed by atoms with Gasteiger partial charge >= 0.3 is 12.4 Å². The third kappa shape index (κ3) is 7.35. The van der Waals surface area contributed by atoms with E-state index in [4.69, 9.17) is 9.47 Å². The second-order valence-electron chi connectivity index (χ2n) is 9.06. The summed E-state index contributed by atoms with van der Waals surface area (Å²) in [5.41, 5.74) is 1.22. The van der Waals surface area contributed by atoms with Crippen molar-refractivity contribution in [1.29, 1.82) is 0 Å². The van der Waals surface area contributed by atoms with Crippen LogP contribution in [0.25, 0.3) is 0 Å². The van der Waals surface area contributed by atoms with Gasteiger partial charge in [0.2, 0.25) is 21.8 Å². The van der Waals surface area contributed by atoms with E-state index in [0.717, 1.165) is 22.0 Å². The molecular formula is C26H28F3N5O6S. The summed E-state index contributed by atoms with van der Waals surface area (Å²) < 4.78 is 80.1. The third-order valence-corrected chi connectivity index (χ3v) is 8.14. The number of ether oxygens (including phenoxy) is 3. The van der Waals surface area contributed by atoms with Crippen LogP contribution in [0.2, 0.25) is 0 Å². The normalized spacial score (nSPS) is 16.2. The SMILES string of the molecule is COc1cc(N2CCN(S(=O)(=O)c3cccc(C)c3)C(C(=O)NCc3ccc(OC(F)(F)F)cc3)C2)nc(OC)n1. The Labute approximate surface area is 234 Å². The highest BCUT2D eigenvalue weighted by atomic mass is 32.2. The molecule has 1 aliphatic rings. The molecular weight excluding hydrogens is 567 g/mol. The van der Waals surface area contributed by atoms with Gasteiger partial charge in [0, 0.05) is 32.2 Å². The molecule has 1 saturated heterocycles. The summed E-state index contributed by atoms with van der Waals surface area (Å²) in [5.74, 6) is -0.406. The molecule has 15 heteroatoms. The number of alkyl halides is 3. The Morgan fingerprint density at radius 3 is 2.41 bits per heavy atom. The molecule has 11 nitrogen and oxygen atoms in total. The Morgan fingerprint density at radius 1 is 1.05 bits per heavy atom. The van der Waals surface area contributed by atoms with E-state index in [-0.39, 0.29) is 43.0 Å². The first-order chi connectivity index (χ1) is 19.4. The minimum Gasteiger partial charge on any atom is -0.481 e. The van der Waals surface area contributed by atoms with Crippen LogP contribution in [-0.2, 0) is 21.4 Å². The average molecular weight is 596 g/mol. The van der Waals surface area contributed by atoms with Crippen LogP contribution in [0.1, 0.15) is 11.1 Å². The van der Waals surface area contributed by atoms with E-state index in [9.17, 15) is 26.4 Å². The van der Waals surface area contributed by atoms with Gasteiger partial charge in [-0.15, -0.1) is 13.2 Å². The third-order valence-electron chi connectivity index (χ3n) is 6.24. The fourth-order valence-corrected chi connectivity index (χ4v) is 5.93. The van der Waals surface area contributed by atoms with E-state index in [1.54, 1.807) is 30.0 Å². The Hall–Kier alpha value is -4.11. The highest BCUT2D eigenvalue weighted by Gasteiger charge is 2.41. The van der Waals surface area contributed by atoms with Crippen molar-refractivity contribution >= 4 is 21.7 Å². The van der Waals surface area contributed by atoms with Crippen molar-refractivity contribution in [1.82, 2.24) is 19.6 Å². The second kappa shape index (κ2) is 12.2. The summed E-state index contributed by atoms with van der Waals surface area (Å²) in [6.07, 6.45) is -4.83. The van der Waals surface area contributed by atoms with Crippen LogP contribution in [0.3, 0.4) is 0 Å². The lowest BCUT2D eigenvalue weighted by atomic mass is 10.1. The van der Waals surface area contributed by atoms with Gasteiger partial charge in [-0.3, -0.25) is 4.79 Å². The zero-order valence-corrected chi connectivity index (χ0v) is 23.2. The molecule has 0 radical (unpaired) electrons. The number of piperazine rings is 1. The van der Waals surface area contributed by atoms with Gasteiger partial charge in [0.05, 0.1) is 19.1 Å². The molecule has 1 atom stereocenters. The van der Waals surface area contributed by atoms with E-state index in [2.05, 4.69) is 20.0 Å². The molecule has 3 aromatic rings. The largest absolute Gasteiger partial charge is 0.573 e. The van der Waals surface area contributed by atoms with E-state index < -0.39 is 34.1 Å². The number of sulfonamides is 1. The summed E-state index contributed by atoms with van der Waals surface area (Å²) in [5, 5.41) is 2.70. The smallest absolute Gasteiger partial charge is 0.481 e. The Bertz CT molecular complexity index is 1470. The maximum Gasteiger partial charge on any atom is 0.573 e. The highest BCUT2D eigenvalue weighted by molar-refractivity contribution is 7.89. The fraction of sp³-hybridized carbons (Fsp3) is 0.346. The molecule has 1 amide bonds. The van der Waals surface area contributed by atoms with Crippen molar-refractivity contribution < 1.29 is 40.6 Å². The van der Waals surface area contributed by atoms with Crippen LogP contribution in [0.4, 0.5) is 19.0 Å². The van der Waals surface area contributed by atoms with Gasteiger partial charge in [0.15, 0.2) is 0 Å². The van der Waals surface area contributed by atoms with Crippen LogP contribution >= 0.6 is 0 Å². The number of methoxy groups -OCH3 is 2. The molecule has 0 aliphatic carbocycles. The van der Waals surface area contributed by atoms with E-state index >= 15 is 0 Å². The molecule has 1 fully saturated rings. The standard InChI is InChI=1S/C26H28F3N5O6S/c1-17-5-4-6-20(13-17)41(36,37)34-12-11-33(22-14-23(38-2)32-25(31-22)39-3)16-21(34)24(35)30-15-18-7-9-19(10-8-18)40-26(27,28)29/h4-10,13-14,21H,11-12,15-16H2,1-3H3,(H,30,35). The number of aryl methyl sites for hydroxylation is 1. The van der Waals surface area contributed by atoms with E-state index in [1.165, 1.54) is 38.5 Å². The number of carbonyl (C=O) groups excluding carboxylic acids is 1. The number of benzene rings is 2. The quantitative estimate of drug-likeness (QED) is 0.398. The zero-order valence-electron chi connectivity index (χ0n) is 22.4. The van der Waals surface area contributed by atoms with Crippen LogP contribution in [0.15, 0.2) is 59.5 Å². The van der Waals surface area contributed by atoms with Crippen LogP contribution in [-0.4, -0.2) is 74.9 Å². The van der Waals surface area contributed by atoms with Gasteiger partial charge in [0.1, 0.15) is 17.6 Å². The topological polar surface area (TPSA) is 123 Å². The molecule has 4 rings (SSSR count). The van der Waals surface area contributed by atoms with Gasteiger partial charge in [-0.1, -0.05) is 24.3 Å². The van der Waals surface area contributed by atoms with Gasteiger partial charge in [0.25, 0.3) is 0 Å². The summed E-state index contributed by atoms with van der Waals surface area (Å²) in [7, 11) is -1.26. The monoisotopic (exact) mass is 595 g/mol. The number of carbonyl (C=O) groups is 1. The zero-order chi connectivity index (χ0) is 29.8. The molecule has 1 N–H and O–H groups in total. The summed E-state index contributed by atoms with van der Waals surface area (Å²) in [4.78, 5) is 23.7. The number of nitrogens with one attached hydrogen (secondary N) is 1. The lowest BCUT2D eigenvalue weighted by Gasteiger charge is -2.40. The van der Waals surface area contributed by atoms with Crippen molar-refractivity contribution in [3.63, 3.8) is 0 Å². The van der Waals surface area contributed by atoms with Crippen LogP contribution in [0, 0.1) is 6.92 Å². The molecule has 2 aromatic carbocycles. The molecule has 1 aromatic heterocycles. The number of rotatable bonds is 9. The fourth-order valence-electron chi connectivity index (χ4n) is 4.25. The van der Waals surface area contributed by atoms with Gasteiger partial charge in [-0.05, 0) is 42.3 Å². The Kier molecular flexibility index (Phi) is 8.87. The second-order valence-corrected chi connectivity index (χ2v) is 10.9. The number of anilines is 1. The first-order valence-corrected chi connectivity index (χ1v) is 13.8. The number of aromatic nitrogens is 2. The summed E-state index contributed by atoms with van der Waals surface area (Å²) in [6, 6.07) is 11.8. The van der Waals surface area contributed by atoms with Crippen molar-refractivity contribution in [3.8, 4) is 17.6 Å². The van der Waals surface area contributed by atoms with Gasteiger partial charge in [-0.25, -0.2) is 8.42 Å². The Morgan fingerprint density at radius 2 is 1.78 bits per heavy atom. The predicted molar refractivity (Wildman–Crippen MR) is 141 cm³/mol. The number of hydrogen-bond acceptors (Lipinski definition) is 9. The van der Waals surface area contributed by atoms with Crippen molar-refractivity contribution in [2.75, 3.05) is 38.8 Å². The van der Waals surface area contributed by atoms with Crippen LogP contribution < -0.4 is 24.4 Å². The molecule has 1 unspecified atom stereocenters. The first-order valence-electron chi connectivity index (χ1n) is 12.3. The molecule has 220 valence electrons. The molecule has 2 heterocycles. The van der Waals surface area contributed by atoms with Crippen molar-refractivity contribution in [2.45, 2.75) is 30.8 Å². The van der Waals surface area contributed by atoms with Crippen molar-refractivity contribution in [2.24, 2.45) is 0 Å². The molecule has 0 saturated carbocycles. The first kappa shape index (κ1) is 29.9. The number of nitrogens with zero attached hydrogens (tertiary/aromatic N) is 4. The minimum absolute atomic E-state index is 0.0352. The molecule has 1 aliphatic heterocycles. The van der Waals surface area contributed by atoms with Gasteiger partial charge in [-0.2, -0.15) is 14.3 Å².